The zero-order chi connectivity index (χ0) is 16.2. The van der Waals surface area contributed by atoms with Crippen LogP contribution in [0.4, 0.5) is 11.4 Å². The Bertz CT molecular complexity index is 657. The predicted octanol–water partition coefficient (Wildman–Crippen LogP) is 1.21. The van der Waals surface area contributed by atoms with Crippen molar-refractivity contribution < 1.29 is 28.0 Å². The minimum Gasteiger partial charge on any atom is -0.494 e. The molecule has 21 heavy (non-hydrogen) atoms. The fourth-order valence-corrected chi connectivity index (χ4v) is 2.30. The van der Waals surface area contributed by atoms with Gasteiger partial charge in [0.15, 0.2) is 5.25 Å². The van der Waals surface area contributed by atoms with Crippen molar-refractivity contribution in [1.82, 2.24) is 0 Å². The van der Waals surface area contributed by atoms with E-state index in [1.54, 1.807) is 6.92 Å². The first kappa shape index (κ1) is 16.7. The number of carboxylic acid groups (broad SMARTS) is 1. The van der Waals surface area contributed by atoms with E-state index in [0.717, 1.165) is 19.1 Å². The van der Waals surface area contributed by atoms with Gasteiger partial charge in [0.05, 0.1) is 17.6 Å². The third-order valence-corrected chi connectivity index (χ3v) is 4.18. The van der Waals surface area contributed by atoms with Crippen LogP contribution in [0.1, 0.15) is 13.8 Å². The number of hydrogen-bond donors (Lipinski definition) is 2. The molecule has 1 aromatic rings. The molecular weight excluding hydrogens is 304 g/mol. The molecule has 0 spiro atoms. The molecular formula is C11H14N2O7S. The third-order valence-electron chi connectivity index (χ3n) is 2.54. The van der Waals surface area contributed by atoms with E-state index in [9.17, 15) is 23.3 Å². The Kier molecular flexibility index (Phi) is 5.08. The van der Waals surface area contributed by atoms with Gasteiger partial charge in [0.25, 0.3) is 5.69 Å². The van der Waals surface area contributed by atoms with Crippen LogP contribution in [0.15, 0.2) is 18.2 Å². The Morgan fingerprint density at radius 2 is 2.14 bits per heavy atom. The molecule has 1 atom stereocenters. The van der Waals surface area contributed by atoms with Gasteiger partial charge in [0.1, 0.15) is 11.4 Å². The van der Waals surface area contributed by atoms with Crippen molar-refractivity contribution in [1.29, 1.82) is 0 Å². The fraction of sp³-hybridized carbons (Fsp3) is 0.364. The number of ether oxygens (including phenoxy) is 1. The first-order valence-corrected chi connectivity index (χ1v) is 7.39. The second kappa shape index (κ2) is 6.39. The number of nitrogens with one attached hydrogen (secondary N) is 1. The summed E-state index contributed by atoms with van der Waals surface area (Å²) in [6.45, 7) is 2.94. The summed E-state index contributed by atoms with van der Waals surface area (Å²) in [5, 5.41) is 17.9. The average molecular weight is 318 g/mol. The molecule has 0 saturated heterocycles. The van der Waals surface area contributed by atoms with Crippen LogP contribution in [-0.2, 0) is 14.8 Å². The zero-order valence-electron chi connectivity index (χ0n) is 11.3. The van der Waals surface area contributed by atoms with Gasteiger partial charge < -0.3 is 9.84 Å². The number of carbonyl (C=O) groups is 1. The minimum atomic E-state index is -4.29. The van der Waals surface area contributed by atoms with E-state index in [1.165, 1.54) is 6.07 Å². The highest BCUT2D eigenvalue weighted by Gasteiger charge is 2.30. The molecule has 0 aliphatic carbocycles. The van der Waals surface area contributed by atoms with Gasteiger partial charge in [-0.2, -0.15) is 0 Å². The molecule has 0 radical (unpaired) electrons. The molecule has 0 saturated carbocycles. The van der Waals surface area contributed by atoms with Gasteiger partial charge >= 0.3 is 5.97 Å². The van der Waals surface area contributed by atoms with Crippen molar-refractivity contribution in [2.45, 2.75) is 19.1 Å². The first-order valence-electron chi connectivity index (χ1n) is 5.84. The summed E-state index contributed by atoms with van der Waals surface area (Å²) < 4.78 is 30.6. The number of rotatable bonds is 7. The SMILES string of the molecule is CCOc1ccc(NS(=O)(=O)C(C)C(=O)O)c([N+](=O)[O-])c1. The van der Waals surface area contributed by atoms with E-state index >= 15 is 0 Å². The van der Waals surface area contributed by atoms with E-state index in [-0.39, 0.29) is 18.0 Å². The van der Waals surface area contributed by atoms with Crippen LogP contribution >= 0.6 is 0 Å². The molecule has 116 valence electrons. The van der Waals surface area contributed by atoms with E-state index in [2.05, 4.69) is 0 Å². The third kappa shape index (κ3) is 4.05. The molecule has 9 nitrogen and oxygen atoms in total. The number of benzene rings is 1. The van der Waals surface area contributed by atoms with E-state index < -0.39 is 31.9 Å². The molecule has 0 amide bonds. The lowest BCUT2D eigenvalue weighted by Crippen LogP contribution is -2.32. The van der Waals surface area contributed by atoms with Crippen molar-refractivity contribution in [3.8, 4) is 5.75 Å². The number of nitro groups is 1. The summed E-state index contributed by atoms with van der Waals surface area (Å²) in [5.74, 6) is -1.35. The summed E-state index contributed by atoms with van der Waals surface area (Å²) in [6.07, 6.45) is 0. The zero-order valence-corrected chi connectivity index (χ0v) is 12.1. The quantitative estimate of drug-likeness (QED) is 0.569. The average Bonchev–Trinajstić information content (AvgIpc) is 2.39. The smallest absolute Gasteiger partial charge is 0.323 e. The van der Waals surface area contributed by atoms with E-state index in [1.807, 2.05) is 4.72 Å². The monoisotopic (exact) mass is 318 g/mol. The Balaban J connectivity index is 3.19. The normalized spacial score (nSPS) is 12.5. The molecule has 1 aromatic carbocycles. The van der Waals surface area contributed by atoms with Crippen LogP contribution < -0.4 is 9.46 Å². The van der Waals surface area contributed by atoms with Crippen LogP contribution in [0.3, 0.4) is 0 Å². The Morgan fingerprint density at radius 1 is 1.52 bits per heavy atom. The molecule has 0 aliphatic heterocycles. The standard InChI is InChI=1S/C11H14N2O7S/c1-3-20-8-4-5-9(10(6-8)13(16)17)12-21(18,19)7(2)11(14)15/h4-7,12H,3H2,1-2H3,(H,14,15). The maximum atomic E-state index is 11.8. The number of aliphatic carboxylic acids is 1. The molecule has 1 unspecified atom stereocenters. The number of nitro benzene ring substituents is 1. The fourth-order valence-electron chi connectivity index (χ4n) is 1.38. The number of nitrogens with zero attached hydrogens (tertiary/aromatic N) is 1. The van der Waals surface area contributed by atoms with Crippen molar-refractivity contribution >= 4 is 27.4 Å². The van der Waals surface area contributed by atoms with Gasteiger partial charge in [-0.05, 0) is 26.0 Å². The van der Waals surface area contributed by atoms with Crippen molar-refractivity contribution in [2.75, 3.05) is 11.3 Å². The van der Waals surface area contributed by atoms with Crippen molar-refractivity contribution in [3.63, 3.8) is 0 Å². The molecule has 0 bridgehead atoms. The van der Waals surface area contributed by atoms with Crippen molar-refractivity contribution in [3.05, 3.63) is 28.3 Å². The Labute approximate surface area is 120 Å². The molecule has 0 aliphatic rings. The topological polar surface area (TPSA) is 136 Å². The molecule has 1 rings (SSSR count). The number of carboxylic acids is 1. The maximum Gasteiger partial charge on any atom is 0.323 e. The summed E-state index contributed by atoms with van der Waals surface area (Å²) in [4.78, 5) is 20.9. The van der Waals surface area contributed by atoms with Crippen LogP contribution in [0.2, 0.25) is 0 Å². The van der Waals surface area contributed by atoms with Gasteiger partial charge in [-0.25, -0.2) is 8.42 Å². The Hall–Kier alpha value is -2.36. The summed E-state index contributed by atoms with van der Waals surface area (Å²) in [7, 11) is -4.29. The molecule has 2 N–H and O–H groups in total. The van der Waals surface area contributed by atoms with Crippen LogP contribution in [0.5, 0.6) is 5.75 Å². The molecule has 0 aromatic heterocycles. The number of anilines is 1. The van der Waals surface area contributed by atoms with Crippen LogP contribution in [0, 0.1) is 10.1 Å². The summed E-state index contributed by atoms with van der Waals surface area (Å²) >= 11 is 0. The maximum absolute atomic E-state index is 11.8. The highest BCUT2D eigenvalue weighted by Crippen LogP contribution is 2.30. The summed E-state index contributed by atoms with van der Waals surface area (Å²) in [5.41, 5.74) is -0.848. The highest BCUT2D eigenvalue weighted by molar-refractivity contribution is 7.94. The Morgan fingerprint density at radius 3 is 2.62 bits per heavy atom. The minimum absolute atomic E-state index is 0.207. The predicted molar refractivity (Wildman–Crippen MR) is 73.9 cm³/mol. The lowest BCUT2D eigenvalue weighted by molar-refractivity contribution is -0.384. The largest absolute Gasteiger partial charge is 0.494 e. The first-order chi connectivity index (χ1) is 9.69. The van der Waals surface area contributed by atoms with Crippen LogP contribution in [-0.4, -0.2) is 36.3 Å². The van der Waals surface area contributed by atoms with E-state index in [4.69, 9.17) is 9.84 Å². The highest BCUT2D eigenvalue weighted by atomic mass is 32.2. The van der Waals surface area contributed by atoms with Gasteiger partial charge in [0.2, 0.25) is 10.0 Å². The summed E-state index contributed by atoms with van der Waals surface area (Å²) in [6, 6.07) is 3.56. The second-order valence-corrected chi connectivity index (χ2v) is 6.00. The second-order valence-electron chi connectivity index (χ2n) is 4.00. The molecule has 0 fully saturated rings. The van der Waals surface area contributed by atoms with E-state index in [0.29, 0.717) is 0 Å². The van der Waals surface area contributed by atoms with Gasteiger partial charge in [-0.3, -0.25) is 19.6 Å². The van der Waals surface area contributed by atoms with Crippen molar-refractivity contribution in [2.24, 2.45) is 0 Å². The lowest BCUT2D eigenvalue weighted by Gasteiger charge is -2.12. The number of sulfonamides is 1. The van der Waals surface area contributed by atoms with Crippen LogP contribution in [0.25, 0.3) is 0 Å². The van der Waals surface area contributed by atoms with Gasteiger partial charge in [-0.1, -0.05) is 0 Å². The molecule has 0 heterocycles. The van der Waals surface area contributed by atoms with Gasteiger partial charge in [-0.15, -0.1) is 0 Å². The lowest BCUT2D eigenvalue weighted by atomic mass is 10.2. The number of hydrogen-bond acceptors (Lipinski definition) is 6. The molecule has 10 heteroatoms. The van der Waals surface area contributed by atoms with Gasteiger partial charge in [0, 0.05) is 0 Å².